The molecule has 3 N–H and O–H groups in total. The van der Waals surface area contributed by atoms with Crippen molar-refractivity contribution in [1.29, 1.82) is 0 Å². The number of nitrogens with zero attached hydrogens (tertiary/aromatic N) is 6. The van der Waals surface area contributed by atoms with Crippen molar-refractivity contribution in [3.05, 3.63) is 124 Å². The van der Waals surface area contributed by atoms with Crippen molar-refractivity contribution in [3.8, 4) is 28.3 Å². The Morgan fingerprint density at radius 3 is 1.61 bits per heavy atom. The van der Waals surface area contributed by atoms with Crippen LogP contribution in [0.2, 0.25) is 0 Å². The molecular weight excluding hydrogens is 919 g/mol. The van der Waals surface area contributed by atoms with Crippen molar-refractivity contribution in [2.75, 3.05) is 30.8 Å². The number of halogens is 6. The van der Waals surface area contributed by atoms with E-state index < -0.39 is 31.3 Å². The second-order valence-corrected chi connectivity index (χ2v) is 17.8. The van der Waals surface area contributed by atoms with E-state index in [9.17, 15) is 45.8 Å². The van der Waals surface area contributed by atoms with Crippen LogP contribution in [0.3, 0.4) is 0 Å². The number of alkyl halides is 6. The molecule has 2 aliphatic carbocycles. The van der Waals surface area contributed by atoms with Crippen LogP contribution < -0.4 is 15.4 Å². The standard InChI is InChI=1S/C29H29F3N4O3.C22H21F3N4O2/c1-17-13-20(7-10-22(17)26(37)14-18-3-4-18)25-16-34-28-24(33-12-11-29(30,31)32)15-23(35-36(25)28)27(38)19-5-8-21(39-2)9-6-19;1-13-8-15(4-5-17(13)20(31)9-14-2-3-14)19-11-27-21-18(26-7-6-22(23,24)25)10-16(12-30)28-29(19)21/h5-10,13,15-16,18,27,33,38H,3-4,11-12,14H2,1-2H3;4-5,8,10-12,14,26H,2-3,6-7,9H2,1H3. The number of methoxy groups -OCH3 is 1. The van der Waals surface area contributed by atoms with Gasteiger partial charge in [-0.15, -0.1) is 0 Å². The summed E-state index contributed by atoms with van der Waals surface area (Å²) in [5.74, 6) is 1.86. The van der Waals surface area contributed by atoms with Crippen molar-refractivity contribution in [1.82, 2.24) is 29.2 Å². The monoisotopic (exact) mass is 968 g/mol. The normalized spacial score (nSPS) is 14.3. The SMILES string of the molecule is COc1ccc(C(O)c2cc(NCCC(F)(F)F)c3ncc(-c4ccc(C(=O)CC5CC5)c(C)c4)n3n2)cc1.Cc1cc(-c2cnc3c(NCCC(F)(F)F)cc(C=O)nn23)ccc1C(=O)CC1CC1. The zero-order valence-electron chi connectivity index (χ0n) is 38.5. The number of fused-ring (bicyclic) bond motifs is 2. The Kier molecular flexibility index (Phi) is 14.4. The number of hydrogen-bond acceptors (Lipinski definition) is 11. The van der Waals surface area contributed by atoms with E-state index in [1.807, 2.05) is 32.0 Å². The van der Waals surface area contributed by atoms with E-state index in [-0.39, 0.29) is 36.0 Å². The lowest BCUT2D eigenvalue weighted by atomic mass is 9.98. The van der Waals surface area contributed by atoms with Gasteiger partial charge in [-0.3, -0.25) is 14.4 Å². The van der Waals surface area contributed by atoms with Crippen molar-refractivity contribution >= 4 is 40.5 Å². The summed E-state index contributed by atoms with van der Waals surface area (Å²) in [6, 6.07) is 20.6. The number of aryl methyl sites for hydroxylation is 2. The van der Waals surface area contributed by atoms with Gasteiger partial charge in [-0.05, 0) is 104 Å². The highest BCUT2D eigenvalue weighted by atomic mass is 19.4. The van der Waals surface area contributed by atoms with E-state index in [0.29, 0.717) is 87.5 Å². The Bertz CT molecular complexity index is 3050. The van der Waals surface area contributed by atoms with Crippen molar-refractivity contribution in [2.24, 2.45) is 11.8 Å². The Morgan fingerprint density at radius 2 is 1.19 bits per heavy atom. The van der Waals surface area contributed by atoms with Crippen LogP contribution in [-0.2, 0) is 0 Å². The number of imidazole rings is 2. The predicted molar refractivity (Wildman–Crippen MR) is 250 cm³/mol. The van der Waals surface area contributed by atoms with Gasteiger partial charge in [0.2, 0.25) is 0 Å². The lowest BCUT2D eigenvalue weighted by Gasteiger charge is -2.16. The summed E-state index contributed by atoms with van der Waals surface area (Å²) < 4.78 is 84.1. The second kappa shape index (κ2) is 20.4. The fourth-order valence-electron chi connectivity index (χ4n) is 8.11. The van der Waals surface area contributed by atoms with Gasteiger partial charge in [0.05, 0.1) is 60.8 Å². The number of anilines is 2. The summed E-state index contributed by atoms with van der Waals surface area (Å²) in [5, 5.41) is 25.5. The highest BCUT2D eigenvalue weighted by Gasteiger charge is 2.29. The maximum absolute atomic E-state index is 12.8. The van der Waals surface area contributed by atoms with Crippen molar-refractivity contribution in [3.63, 3.8) is 0 Å². The second-order valence-electron chi connectivity index (χ2n) is 17.8. The summed E-state index contributed by atoms with van der Waals surface area (Å²) in [7, 11) is 1.54. The average Bonchev–Trinajstić information content (AvgIpc) is 4.24. The fraction of sp³-hybridized carbons (Fsp3) is 0.353. The molecule has 70 heavy (non-hydrogen) atoms. The minimum Gasteiger partial charge on any atom is -0.497 e. The summed E-state index contributed by atoms with van der Waals surface area (Å²) in [4.78, 5) is 45.2. The molecule has 4 heterocycles. The first-order chi connectivity index (χ1) is 33.4. The van der Waals surface area contributed by atoms with Gasteiger partial charge in [-0.2, -0.15) is 36.5 Å². The van der Waals surface area contributed by atoms with E-state index in [4.69, 9.17) is 4.74 Å². The lowest BCUT2D eigenvalue weighted by molar-refractivity contribution is -0.132. The average molecular weight is 969 g/mol. The van der Waals surface area contributed by atoms with Crippen LogP contribution in [0.1, 0.15) is 111 Å². The van der Waals surface area contributed by atoms with Gasteiger partial charge in [-0.1, -0.05) is 36.4 Å². The molecular formula is C51H50F6N8O5. The highest BCUT2D eigenvalue weighted by molar-refractivity contribution is 5.99. The van der Waals surface area contributed by atoms with Gasteiger partial charge in [0.1, 0.15) is 17.5 Å². The van der Waals surface area contributed by atoms with Gasteiger partial charge in [-0.25, -0.2) is 19.0 Å². The number of benzene rings is 3. The molecule has 366 valence electrons. The molecule has 0 saturated heterocycles. The minimum absolute atomic E-state index is 0.0641. The van der Waals surface area contributed by atoms with Gasteiger partial charge >= 0.3 is 12.4 Å². The first kappa shape index (κ1) is 49.3. The molecule has 4 aromatic heterocycles. The van der Waals surface area contributed by atoms with Crippen molar-refractivity contribution in [2.45, 2.75) is 83.7 Å². The number of carbonyl (C=O) groups excluding carboxylic acids is 3. The summed E-state index contributed by atoms with van der Waals surface area (Å²) >= 11 is 0. The molecule has 19 heteroatoms. The Balaban J connectivity index is 0.000000193. The van der Waals surface area contributed by atoms with Crippen LogP contribution in [0.15, 0.2) is 85.2 Å². The number of Topliss-reactive ketones (excluding diaryl/α,β-unsaturated/α-hetero) is 2. The van der Waals surface area contributed by atoms with E-state index in [1.165, 1.54) is 28.3 Å². The third-order valence-corrected chi connectivity index (χ3v) is 12.2. The maximum Gasteiger partial charge on any atom is 0.390 e. The van der Waals surface area contributed by atoms with E-state index in [0.717, 1.165) is 47.9 Å². The first-order valence-electron chi connectivity index (χ1n) is 22.8. The summed E-state index contributed by atoms with van der Waals surface area (Å²) in [6.45, 7) is 3.03. The van der Waals surface area contributed by atoms with Crippen LogP contribution in [0, 0.1) is 25.7 Å². The van der Waals surface area contributed by atoms with Crippen LogP contribution in [-0.4, -0.2) is 84.7 Å². The molecule has 2 aliphatic rings. The van der Waals surface area contributed by atoms with Crippen LogP contribution in [0.4, 0.5) is 37.7 Å². The number of hydrogen-bond donors (Lipinski definition) is 3. The smallest absolute Gasteiger partial charge is 0.390 e. The van der Waals surface area contributed by atoms with E-state index >= 15 is 0 Å². The van der Waals surface area contributed by atoms with Crippen LogP contribution in [0.5, 0.6) is 5.75 Å². The van der Waals surface area contributed by atoms with E-state index in [1.54, 1.807) is 54.9 Å². The molecule has 0 aliphatic heterocycles. The molecule has 0 spiro atoms. The van der Waals surface area contributed by atoms with Crippen molar-refractivity contribution < 1.29 is 50.6 Å². The fourth-order valence-corrected chi connectivity index (χ4v) is 8.11. The van der Waals surface area contributed by atoms with Gasteiger partial charge in [0.25, 0.3) is 0 Å². The number of aliphatic hydroxyl groups excluding tert-OH is 1. The molecule has 2 saturated carbocycles. The lowest BCUT2D eigenvalue weighted by Crippen LogP contribution is -2.16. The maximum atomic E-state index is 12.8. The molecule has 9 rings (SSSR count). The molecule has 2 fully saturated rings. The third kappa shape index (κ3) is 12.0. The van der Waals surface area contributed by atoms with Gasteiger partial charge in [0.15, 0.2) is 29.1 Å². The zero-order chi connectivity index (χ0) is 49.9. The number of carbonyl (C=O) groups is 3. The Hall–Kier alpha value is -7.15. The number of aliphatic hydroxyl groups is 1. The Labute approximate surface area is 398 Å². The summed E-state index contributed by atoms with van der Waals surface area (Å²) in [6.07, 6.45) is -2.62. The van der Waals surface area contributed by atoms with Gasteiger partial charge < -0.3 is 20.5 Å². The number of nitrogens with one attached hydrogen (secondary N) is 2. The first-order valence-corrected chi connectivity index (χ1v) is 22.8. The third-order valence-electron chi connectivity index (χ3n) is 12.2. The molecule has 0 amide bonds. The topological polar surface area (TPSA) is 165 Å². The number of ether oxygens (including phenoxy) is 1. The predicted octanol–water partition coefficient (Wildman–Crippen LogP) is 11.0. The molecule has 13 nitrogen and oxygen atoms in total. The van der Waals surface area contributed by atoms with Crippen LogP contribution >= 0.6 is 0 Å². The minimum atomic E-state index is -4.32. The molecule has 0 bridgehead atoms. The number of ketones is 2. The molecule has 3 aromatic carbocycles. The molecule has 1 unspecified atom stereocenters. The zero-order valence-corrected chi connectivity index (χ0v) is 38.5. The Morgan fingerprint density at radius 1 is 0.714 bits per heavy atom. The molecule has 1 atom stereocenters. The molecule has 0 radical (unpaired) electrons. The summed E-state index contributed by atoms with van der Waals surface area (Å²) in [5.41, 5.74) is 7.73. The van der Waals surface area contributed by atoms with E-state index in [2.05, 4.69) is 30.8 Å². The highest BCUT2D eigenvalue weighted by Crippen LogP contribution is 2.36. The van der Waals surface area contributed by atoms with Gasteiger partial charge in [0, 0.05) is 48.2 Å². The number of aromatic nitrogens is 6. The quantitative estimate of drug-likeness (QED) is 0.0426. The molecule has 7 aromatic rings. The number of aldehydes is 1. The van der Waals surface area contributed by atoms with Crippen LogP contribution in [0.25, 0.3) is 33.8 Å². The largest absolute Gasteiger partial charge is 0.497 e. The number of rotatable bonds is 18.